The zero-order chi connectivity index (χ0) is 17.4. The van der Waals surface area contributed by atoms with Gasteiger partial charge < -0.3 is 10.2 Å². The molecule has 128 valence electrons. The minimum atomic E-state index is -0.867. The predicted octanol–water partition coefficient (Wildman–Crippen LogP) is 5.66. The Balaban J connectivity index is 2.10. The normalized spacial score (nSPS) is 10.7. The van der Waals surface area contributed by atoms with E-state index in [-0.39, 0.29) is 5.75 Å². The van der Waals surface area contributed by atoms with Crippen LogP contribution in [0.5, 0.6) is 5.75 Å². The van der Waals surface area contributed by atoms with E-state index in [0.717, 1.165) is 36.0 Å². The summed E-state index contributed by atoms with van der Waals surface area (Å²) in [6.07, 6.45) is 7.93. The second kappa shape index (κ2) is 9.11. The topological polar surface area (TPSA) is 57.5 Å². The van der Waals surface area contributed by atoms with E-state index in [0.29, 0.717) is 5.56 Å². The van der Waals surface area contributed by atoms with Gasteiger partial charge in [0.15, 0.2) is 0 Å². The lowest BCUT2D eigenvalue weighted by atomic mass is 9.95. The van der Waals surface area contributed by atoms with Crippen LogP contribution in [0.3, 0.4) is 0 Å². The van der Waals surface area contributed by atoms with Gasteiger partial charge in [-0.15, -0.1) is 0 Å². The van der Waals surface area contributed by atoms with Crippen LogP contribution < -0.4 is 0 Å². The Kier molecular flexibility index (Phi) is 6.86. The Bertz CT molecular complexity index is 659. The molecule has 2 rings (SSSR count). The van der Waals surface area contributed by atoms with Gasteiger partial charge in [0, 0.05) is 0 Å². The van der Waals surface area contributed by atoms with Gasteiger partial charge in [-0.1, -0.05) is 63.3 Å². The number of aryl methyl sites for hydroxylation is 1. The molecule has 2 aromatic carbocycles. The zero-order valence-electron chi connectivity index (χ0n) is 14.3. The van der Waals surface area contributed by atoms with Crippen LogP contribution in [0.1, 0.15) is 61.4 Å². The maximum Gasteiger partial charge on any atom is 0.335 e. The Labute approximate surface area is 144 Å². The molecular weight excluding hydrogens is 300 g/mol. The summed E-state index contributed by atoms with van der Waals surface area (Å²) >= 11 is 0. The summed E-state index contributed by atoms with van der Waals surface area (Å²) in [6.45, 7) is 2.20. The van der Waals surface area contributed by atoms with Crippen LogP contribution in [0, 0.1) is 0 Å². The maximum atomic E-state index is 11.5. The first-order valence-electron chi connectivity index (χ1n) is 8.77. The van der Waals surface area contributed by atoms with E-state index < -0.39 is 5.97 Å². The van der Waals surface area contributed by atoms with Crippen molar-refractivity contribution in [1.82, 2.24) is 0 Å². The number of phenolic OH excluding ortho intramolecular Hbond substituents is 1. The lowest BCUT2D eigenvalue weighted by Gasteiger charge is -2.10. The van der Waals surface area contributed by atoms with Gasteiger partial charge in [-0.3, -0.25) is 0 Å². The number of benzene rings is 2. The van der Waals surface area contributed by atoms with Crippen molar-refractivity contribution in [3.63, 3.8) is 0 Å². The van der Waals surface area contributed by atoms with Crippen LogP contribution in [0.25, 0.3) is 11.1 Å². The minimum Gasteiger partial charge on any atom is -0.508 e. The molecule has 3 heteroatoms. The Morgan fingerprint density at radius 1 is 0.875 bits per heavy atom. The lowest BCUT2D eigenvalue weighted by molar-refractivity contribution is 0.0695. The fraction of sp³-hybridized carbons (Fsp3) is 0.381. The molecule has 0 aliphatic carbocycles. The third kappa shape index (κ3) is 5.12. The molecule has 0 unspecified atom stereocenters. The number of aromatic hydroxyl groups is 1. The van der Waals surface area contributed by atoms with Crippen LogP contribution in [-0.4, -0.2) is 16.2 Å². The largest absolute Gasteiger partial charge is 0.508 e. The number of hydrogen-bond acceptors (Lipinski definition) is 2. The van der Waals surface area contributed by atoms with Gasteiger partial charge in [0.1, 0.15) is 5.75 Å². The van der Waals surface area contributed by atoms with Crippen molar-refractivity contribution in [3.05, 3.63) is 53.6 Å². The second-order valence-electron chi connectivity index (χ2n) is 6.24. The van der Waals surface area contributed by atoms with Crippen LogP contribution in [-0.2, 0) is 6.42 Å². The second-order valence-corrected chi connectivity index (χ2v) is 6.24. The van der Waals surface area contributed by atoms with Crippen molar-refractivity contribution in [2.24, 2.45) is 0 Å². The van der Waals surface area contributed by atoms with Crippen LogP contribution in [0.4, 0.5) is 0 Å². The summed E-state index contributed by atoms with van der Waals surface area (Å²) in [5.74, 6) is -0.638. The maximum absolute atomic E-state index is 11.5. The van der Waals surface area contributed by atoms with Gasteiger partial charge >= 0.3 is 5.97 Å². The van der Waals surface area contributed by atoms with Gasteiger partial charge in [0.25, 0.3) is 0 Å². The minimum absolute atomic E-state index is 0.230. The fourth-order valence-corrected chi connectivity index (χ4v) is 2.94. The van der Waals surface area contributed by atoms with E-state index >= 15 is 0 Å². The quantitative estimate of drug-likeness (QED) is 0.584. The van der Waals surface area contributed by atoms with Crippen molar-refractivity contribution in [1.29, 1.82) is 0 Å². The first-order valence-corrected chi connectivity index (χ1v) is 8.77. The number of unbranched alkanes of at least 4 members (excludes halogenated alkanes) is 5. The van der Waals surface area contributed by atoms with Gasteiger partial charge in [-0.25, -0.2) is 4.79 Å². The summed E-state index contributed by atoms with van der Waals surface area (Å²) in [5.41, 5.74) is 3.25. The first-order chi connectivity index (χ1) is 11.6. The van der Waals surface area contributed by atoms with Gasteiger partial charge in [-0.05, 0) is 47.7 Å². The first kappa shape index (κ1) is 18.1. The molecule has 0 spiro atoms. The highest BCUT2D eigenvalue weighted by molar-refractivity contribution is 5.90. The van der Waals surface area contributed by atoms with Crippen LogP contribution in [0.2, 0.25) is 0 Å². The molecule has 0 radical (unpaired) electrons. The summed E-state index contributed by atoms with van der Waals surface area (Å²) in [4.78, 5) is 11.5. The number of phenols is 1. The predicted molar refractivity (Wildman–Crippen MR) is 97.6 cm³/mol. The molecular formula is C21H26O3. The van der Waals surface area contributed by atoms with Crippen molar-refractivity contribution in [2.45, 2.75) is 51.9 Å². The van der Waals surface area contributed by atoms with E-state index in [4.69, 9.17) is 0 Å². The number of carbonyl (C=O) groups is 1. The van der Waals surface area contributed by atoms with Gasteiger partial charge in [-0.2, -0.15) is 0 Å². The van der Waals surface area contributed by atoms with Crippen LogP contribution in [0.15, 0.2) is 42.5 Å². The summed E-state index contributed by atoms with van der Waals surface area (Å²) in [6, 6.07) is 12.5. The number of aromatic carboxylic acids is 1. The van der Waals surface area contributed by atoms with Crippen molar-refractivity contribution >= 4 is 5.97 Å². The average molecular weight is 326 g/mol. The summed E-state index contributed by atoms with van der Waals surface area (Å²) in [5, 5.41) is 18.8. The molecule has 0 saturated carbocycles. The Morgan fingerprint density at radius 3 is 2.17 bits per heavy atom. The number of hydrogen-bond donors (Lipinski definition) is 2. The van der Waals surface area contributed by atoms with Gasteiger partial charge in [0.05, 0.1) is 5.56 Å². The monoisotopic (exact) mass is 326 g/mol. The molecule has 3 nitrogen and oxygen atoms in total. The molecule has 0 bridgehead atoms. The highest BCUT2D eigenvalue weighted by Crippen LogP contribution is 2.25. The van der Waals surface area contributed by atoms with E-state index in [1.807, 2.05) is 24.3 Å². The molecule has 0 aliphatic heterocycles. The molecule has 0 heterocycles. The fourth-order valence-electron chi connectivity index (χ4n) is 2.94. The van der Waals surface area contributed by atoms with Crippen molar-refractivity contribution in [2.75, 3.05) is 0 Å². The smallest absolute Gasteiger partial charge is 0.335 e. The third-order valence-electron chi connectivity index (χ3n) is 4.34. The Morgan fingerprint density at radius 2 is 1.50 bits per heavy atom. The van der Waals surface area contributed by atoms with Crippen LogP contribution >= 0.6 is 0 Å². The molecule has 0 aromatic heterocycles. The Hall–Kier alpha value is -2.29. The standard InChI is InChI=1S/C21H26O3/c1-2-3-4-5-6-7-8-18-15-17(11-14-20(18)21(23)24)16-9-12-19(22)13-10-16/h9-15,22H,2-8H2,1H3,(H,23,24). The molecule has 2 N–H and O–H groups in total. The van der Waals surface area contributed by atoms with Crippen molar-refractivity contribution < 1.29 is 15.0 Å². The molecule has 0 fully saturated rings. The van der Waals surface area contributed by atoms with Crippen molar-refractivity contribution in [3.8, 4) is 16.9 Å². The van der Waals surface area contributed by atoms with E-state index in [9.17, 15) is 15.0 Å². The van der Waals surface area contributed by atoms with E-state index in [1.165, 1.54) is 25.7 Å². The molecule has 0 saturated heterocycles. The van der Waals surface area contributed by atoms with E-state index in [1.54, 1.807) is 18.2 Å². The third-order valence-corrected chi connectivity index (χ3v) is 4.34. The molecule has 0 aliphatic rings. The summed E-state index contributed by atoms with van der Waals surface area (Å²) in [7, 11) is 0. The average Bonchev–Trinajstić information content (AvgIpc) is 2.58. The highest BCUT2D eigenvalue weighted by atomic mass is 16.4. The summed E-state index contributed by atoms with van der Waals surface area (Å²) < 4.78 is 0. The SMILES string of the molecule is CCCCCCCCc1cc(-c2ccc(O)cc2)ccc1C(=O)O. The zero-order valence-corrected chi connectivity index (χ0v) is 14.3. The number of carboxylic acid groups (broad SMARTS) is 1. The molecule has 2 aromatic rings. The van der Waals surface area contributed by atoms with Gasteiger partial charge in [0.2, 0.25) is 0 Å². The molecule has 0 amide bonds. The highest BCUT2D eigenvalue weighted by Gasteiger charge is 2.11. The van der Waals surface area contributed by atoms with E-state index in [2.05, 4.69) is 6.92 Å². The molecule has 0 atom stereocenters. The number of carboxylic acids is 1. The molecule has 24 heavy (non-hydrogen) atoms. The number of rotatable bonds is 9. The lowest BCUT2D eigenvalue weighted by Crippen LogP contribution is -2.03.